The molecule has 0 unspecified atom stereocenters. The van der Waals surface area contributed by atoms with Gasteiger partial charge in [0, 0.05) is 34.8 Å². The molecule has 1 heterocycles. The van der Waals surface area contributed by atoms with Crippen molar-refractivity contribution in [3.8, 4) is 5.75 Å². The molecule has 1 saturated heterocycles. The van der Waals surface area contributed by atoms with Crippen LogP contribution in [0.3, 0.4) is 0 Å². The summed E-state index contributed by atoms with van der Waals surface area (Å²) in [5.74, 6) is -0.237. The van der Waals surface area contributed by atoms with Crippen molar-refractivity contribution >= 4 is 44.6 Å². The topological polar surface area (TPSA) is 107 Å². The number of benzene rings is 2. The van der Waals surface area contributed by atoms with E-state index < -0.39 is 26.7 Å². The fraction of sp³-hybridized carbons (Fsp3) is 0.316. The minimum absolute atomic E-state index is 0.0129. The van der Waals surface area contributed by atoms with Gasteiger partial charge >= 0.3 is 0 Å². The van der Waals surface area contributed by atoms with Crippen LogP contribution in [0, 0.1) is 10.1 Å². The SMILES string of the molecule is O=C(COc1ccc([N+](=O)[O-])cc1)N(Cc1ccc(Cl)cc1Cl)[C@H]1CCS(=O)(=O)C1. The Hall–Kier alpha value is -2.36. The van der Waals surface area contributed by atoms with E-state index in [1.807, 2.05) is 0 Å². The third-order valence-electron chi connectivity index (χ3n) is 4.74. The van der Waals surface area contributed by atoms with Crippen LogP contribution in [0.1, 0.15) is 12.0 Å². The first-order valence-corrected chi connectivity index (χ1v) is 11.5. The monoisotopic (exact) mass is 472 g/mol. The summed E-state index contributed by atoms with van der Waals surface area (Å²) in [4.78, 5) is 24.5. The molecule has 3 rings (SSSR count). The van der Waals surface area contributed by atoms with E-state index >= 15 is 0 Å². The van der Waals surface area contributed by atoms with Gasteiger partial charge in [0.05, 0.1) is 16.4 Å². The lowest BCUT2D eigenvalue weighted by Crippen LogP contribution is -2.43. The van der Waals surface area contributed by atoms with Crippen LogP contribution in [0.2, 0.25) is 10.0 Å². The Kier molecular flexibility index (Phi) is 6.84. The van der Waals surface area contributed by atoms with Crippen LogP contribution >= 0.6 is 23.2 Å². The zero-order chi connectivity index (χ0) is 21.9. The van der Waals surface area contributed by atoms with Crippen LogP contribution < -0.4 is 4.74 Å². The lowest BCUT2D eigenvalue weighted by molar-refractivity contribution is -0.384. The van der Waals surface area contributed by atoms with E-state index in [4.69, 9.17) is 27.9 Å². The van der Waals surface area contributed by atoms with Crippen molar-refractivity contribution in [2.24, 2.45) is 0 Å². The van der Waals surface area contributed by atoms with E-state index in [2.05, 4.69) is 0 Å². The molecule has 0 spiro atoms. The molecule has 11 heteroatoms. The van der Waals surface area contributed by atoms with E-state index in [0.717, 1.165) is 0 Å². The summed E-state index contributed by atoms with van der Waals surface area (Å²) in [5, 5.41) is 11.5. The summed E-state index contributed by atoms with van der Waals surface area (Å²) >= 11 is 12.1. The molecule has 0 bridgehead atoms. The fourth-order valence-electron chi connectivity index (χ4n) is 3.17. The molecule has 0 aromatic heterocycles. The van der Waals surface area contributed by atoms with Crippen LogP contribution in [-0.4, -0.2) is 48.3 Å². The lowest BCUT2D eigenvalue weighted by Gasteiger charge is -2.29. The van der Waals surface area contributed by atoms with Gasteiger partial charge in [-0.1, -0.05) is 29.3 Å². The van der Waals surface area contributed by atoms with Crippen molar-refractivity contribution in [2.75, 3.05) is 18.1 Å². The summed E-state index contributed by atoms with van der Waals surface area (Å²) in [6.07, 6.45) is 0.330. The number of nitro benzene ring substituents is 1. The molecule has 0 N–H and O–H groups in total. The summed E-state index contributed by atoms with van der Waals surface area (Å²) in [7, 11) is -3.22. The highest BCUT2D eigenvalue weighted by Crippen LogP contribution is 2.26. The van der Waals surface area contributed by atoms with Gasteiger partial charge in [0.25, 0.3) is 11.6 Å². The highest BCUT2D eigenvalue weighted by molar-refractivity contribution is 7.91. The fourth-order valence-corrected chi connectivity index (χ4v) is 5.37. The number of rotatable bonds is 7. The second-order valence-corrected chi connectivity index (χ2v) is 9.93. The van der Waals surface area contributed by atoms with Gasteiger partial charge in [0.1, 0.15) is 5.75 Å². The first kappa shape index (κ1) is 22.3. The summed E-state index contributed by atoms with van der Waals surface area (Å²) in [6.45, 7) is -0.238. The van der Waals surface area contributed by atoms with Gasteiger partial charge in [-0.3, -0.25) is 14.9 Å². The van der Waals surface area contributed by atoms with Crippen LogP contribution in [0.5, 0.6) is 5.75 Å². The predicted molar refractivity (Wildman–Crippen MR) is 113 cm³/mol. The highest BCUT2D eigenvalue weighted by Gasteiger charge is 2.35. The van der Waals surface area contributed by atoms with Gasteiger partial charge in [-0.15, -0.1) is 0 Å². The van der Waals surface area contributed by atoms with E-state index in [-0.39, 0.29) is 36.1 Å². The van der Waals surface area contributed by atoms with Crippen molar-refractivity contribution in [1.82, 2.24) is 4.90 Å². The Morgan fingerprint density at radius 1 is 1.20 bits per heavy atom. The van der Waals surface area contributed by atoms with E-state index in [0.29, 0.717) is 22.0 Å². The number of carbonyl (C=O) groups is 1. The minimum atomic E-state index is -3.22. The Labute approximate surface area is 183 Å². The molecule has 160 valence electrons. The largest absolute Gasteiger partial charge is 0.484 e. The molecule has 2 aromatic rings. The lowest BCUT2D eigenvalue weighted by atomic mass is 10.1. The number of sulfone groups is 1. The van der Waals surface area contributed by atoms with Crippen molar-refractivity contribution in [3.63, 3.8) is 0 Å². The third kappa shape index (κ3) is 5.62. The van der Waals surface area contributed by atoms with E-state index in [9.17, 15) is 23.3 Å². The molecule has 0 radical (unpaired) electrons. The number of nitro groups is 1. The number of non-ortho nitro benzene ring substituents is 1. The number of nitrogens with zero attached hydrogens (tertiary/aromatic N) is 2. The highest BCUT2D eigenvalue weighted by atomic mass is 35.5. The van der Waals surface area contributed by atoms with Crippen molar-refractivity contribution in [3.05, 3.63) is 68.2 Å². The molecule has 1 aliphatic heterocycles. The Bertz CT molecular complexity index is 1060. The zero-order valence-corrected chi connectivity index (χ0v) is 18.0. The molecule has 8 nitrogen and oxygen atoms in total. The Morgan fingerprint density at radius 2 is 1.90 bits per heavy atom. The number of ether oxygens (including phenoxy) is 1. The molecule has 1 fully saturated rings. The maximum atomic E-state index is 12.9. The van der Waals surface area contributed by atoms with Crippen LogP contribution in [0.4, 0.5) is 5.69 Å². The normalized spacial score (nSPS) is 17.5. The van der Waals surface area contributed by atoms with Crippen LogP contribution in [-0.2, 0) is 21.2 Å². The van der Waals surface area contributed by atoms with Gasteiger partial charge in [0.15, 0.2) is 16.4 Å². The van der Waals surface area contributed by atoms with Gasteiger partial charge in [0.2, 0.25) is 0 Å². The van der Waals surface area contributed by atoms with Gasteiger partial charge in [-0.05, 0) is 36.2 Å². The average molecular weight is 473 g/mol. The molecule has 2 aromatic carbocycles. The minimum Gasteiger partial charge on any atom is -0.484 e. The number of hydrogen-bond acceptors (Lipinski definition) is 6. The second kappa shape index (κ2) is 9.20. The Balaban J connectivity index is 1.75. The maximum absolute atomic E-state index is 12.9. The molecule has 0 aliphatic carbocycles. The number of hydrogen-bond donors (Lipinski definition) is 0. The summed E-state index contributed by atoms with van der Waals surface area (Å²) < 4.78 is 29.3. The molecular formula is C19H18Cl2N2O6S. The van der Waals surface area contributed by atoms with E-state index in [1.165, 1.54) is 29.2 Å². The summed E-state index contributed by atoms with van der Waals surface area (Å²) in [6, 6.07) is 9.73. The molecule has 30 heavy (non-hydrogen) atoms. The average Bonchev–Trinajstić information content (AvgIpc) is 3.05. The molecule has 1 atom stereocenters. The molecule has 0 saturated carbocycles. The van der Waals surface area contributed by atoms with Gasteiger partial charge < -0.3 is 9.64 Å². The first-order chi connectivity index (χ1) is 14.1. The van der Waals surface area contributed by atoms with Crippen molar-refractivity contribution in [1.29, 1.82) is 0 Å². The second-order valence-electron chi connectivity index (χ2n) is 6.85. The molecular weight excluding hydrogens is 455 g/mol. The predicted octanol–water partition coefficient (Wildman–Crippen LogP) is 3.50. The quantitative estimate of drug-likeness (QED) is 0.450. The third-order valence-corrected chi connectivity index (χ3v) is 7.07. The molecule has 1 aliphatic rings. The van der Waals surface area contributed by atoms with Crippen molar-refractivity contribution < 1.29 is 22.9 Å². The number of halogens is 2. The Morgan fingerprint density at radius 3 is 2.47 bits per heavy atom. The molecule has 1 amide bonds. The van der Waals surface area contributed by atoms with Crippen molar-refractivity contribution in [2.45, 2.75) is 19.0 Å². The van der Waals surface area contributed by atoms with Crippen LogP contribution in [0.15, 0.2) is 42.5 Å². The zero-order valence-electron chi connectivity index (χ0n) is 15.7. The summed E-state index contributed by atoms with van der Waals surface area (Å²) in [5.41, 5.74) is 0.540. The standard InChI is InChI=1S/C19H18Cl2N2O6S/c20-14-2-1-13(18(21)9-14)10-22(16-7-8-30(27,28)12-16)19(24)11-29-17-5-3-15(4-6-17)23(25)26/h1-6,9,16H,7-8,10-12H2/t16-/m0/s1. The van der Waals surface area contributed by atoms with E-state index in [1.54, 1.807) is 18.2 Å². The van der Waals surface area contributed by atoms with Crippen LogP contribution in [0.25, 0.3) is 0 Å². The number of carbonyl (C=O) groups excluding carboxylic acids is 1. The first-order valence-electron chi connectivity index (χ1n) is 8.96. The maximum Gasteiger partial charge on any atom is 0.269 e. The number of amides is 1. The van der Waals surface area contributed by atoms with Gasteiger partial charge in [-0.2, -0.15) is 0 Å². The smallest absolute Gasteiger partial charge is 0.269 e. The van der Waals surface area contributed by atoms with Gasteiger partial charge in [-0.25, -0.2) is 8.42 Å².